The molecule has 3 rings (SSSR count). The summed E-state index contributed by atoms with van der Waals surface area (Å²) in [4.78, 5) is 29.9. The highest BCUT2D eigenvalue weighted by Gasteiger charge is 2.69. The van der Waals surface area contributed by atoms with Gasteiger partial charge >= 0.3 is 5.97 Å². The smallest absolute Gasteiger partial charge is 0.349 e. The van der Waals surface area contributed by atoms with Gasteiger partial charge < -0.3 is 10.6 Å². The van der Waals surface area contributed by atoms with Gasteiger partial charge in [-0.25, -0.2) is 9.18 Å². The number of ketones is 1. The van der Waals surface area contributed by atoms with Crippen molar-refractivity contribution in [1.82, 2.24) is 0 Å². The van der Waals surface area contributed by atoms with Gasteiger partial charge in [-0.1, -0.05) is 31.1 Å². The molecule has 0 unspecified atom stereocenters. The molecule has 2 saturated carbocycles. The summed E-state index contributed by atoms with van der Waals surface area (Å²) >= 11 is 0. The molecule has 1 aromatic rings. The number of hydrogen-bond donors (Lipinski definition) is 1. The largest absolute Gasteiger partial charge is 0.380 e. The number of carbonyl (C=O) groups is 2. The highest BCUT2D eigenvalue weighted by molar-refractivity contribution is 6.08. The summed E-state index contributed by atoms with van der Waals surface area (Å²) in [5.74, 6) is -1.38. The van der Waals surface area contributed by atoms with Gasteiger partial charge in [-0.15, -0.1) is 0 Å². The van der Waals surface area contributed by atoms with Crippen LogP contribution in [0.3, 0.4) is 0 Å². The summed E-state index contributed by atoms with van der Waals surface area (Å²) in [6.45, 7) is 3.83. The molecule has 2 N–H and O–H groups in total. The molecule has 2 bridgehead atoms. The third-order valence-electron chi connectivity index (χ3n) is 5.62. The van der Waals surface area contributed by atoms with Crippen molar-refractivity contribution in [1.29, 1.82) is 0 Å². The Bertz CT molecular complexity index is 714. The van der Waals surface area contributed by atoms with Crippen LogP contribution in [0.4, 0.5) is 4.39 Å². The lowest BCUT2D eigenvalue weighted by molar-refractivity contribution is -0.164. The molecule has 6 heteroatoms. The van der Waals surface area contributed by atoms with Crippen molar-refractivity contribution in [3.8, 4) is 0 Å². The summed E-state index contributed by atoms with van der Waals surface area (Å²) in [7, 11) is 0. The highest BCUT2D eigenvalue weighted by atomic mass is 19.1. The van der Waals surface area contributed by atoms with Crippen LogP contribution in [-0.2, 0) is 14.4 Å². The Kier molecular flexibility index (Phi) is 3.50. The zero-order valence-corrected chi connectivity index (χ0v) is 13.1. The molecule has 0 saturated heterocycles. The maximum Gasteiger partial charge on any atom is 0.349 e. The van der Waals surface area contributed by atoms with Crippen LogP contribution in [0.1, 0.15) is 38.7 Å². The molecule has 2 aliphatic carbocycles. The molecule has 122 valence electrons. The SMILES string of the molecule is CC1(C)[C@@H]2CC[C@@]1(C(=O)O/N=C(\N)c1ccccc1F)C(=O)C2. The third-order valence-corrected chi connectivity index (χ3v) is 5.62. The summed E-state index contributed by atoms with van der Waals surface area (Å²) in [6.07, 6.45) is 1.69. The molecule has 0 amide bonds. The number of carbonyl (C=O) groups excluding carboxylic acids is 2. The fourth-order valence-electron chi connectivity index (χ4n) is 4.04. The molecule has 0 aliphatic heterocycles. The first-order valence-electron chi connectivity index (χ1n) is 7.64. The standard InChI is InChI=1S/C17H19FN2O3/c1-16(2)10-7-8-17(16,13(21)9-10)15(22)23-20-14(19)11-5-3-4-6-12(11)18/h3-6,10H,7-9H2,1-2H3,(H2,19,20)/t10-,17+/m1/s1. The molecule has 23 heavy (non-hydrogen) atoms. The molecule has 1 aromatic carbocycles. The van der Waals surface area contributed by atoms with E-state index in [0.29, 0.717) is 12.8 Å². The van der Waals surface area contributed by atoms with Crippen molar-refractivity contribution in [2.45, 2.75) is 33.1 Å². The van der Waals surface area contributed by atoms with E-state index < -0.39 is 22.6 Å². The van der Waals surface area contributed by atoms with Gasteiger partial charge in [0.05, 0.1) is 5.56 Å². The van der Waals surface area contributed by atoms with Crippen molar-refractivity contribution >= 4 is 17.6 Å². The number of oxime groups is 1. The van der Waals surface area contributed by atoms with Gasteiger partial charge in [0.15, 0.2) is 11.6 Å². The molecular weight excluding hydrogens is 299 g/mol. The van der Waals surface area contributed by atoms with E-state index in [9.17, 15) is 14.0 Å². The third kappa shape index (κ3) is 2.08. The topological polar surface area (TPSA) is 81.8 Å². The number of fused-ring (bicyclic) bond motifs is 2. The zero-order valence-electron chi connectivity index (χ0n) is 13.1. The number of halogens is 1. The lowest BCUT2D eigenvalue weighted by Gasteiger charge is -2.32. The monoisotopic (exact) mass is 318 g/mol. The Labute approximate surface area is 133 Å². The van der Waals surface area contributed by atoms with Crippen molar-refractivity contribution in [2.24, 2.45) is 27.6 Å². The Morgan fingerprint density at radius 1 is 1.39 bits per heavy atom. The van der Waals surface area contributed by atoms with E-state index in [1.165, 1.54) is 18.2 Å². The summed E-state index contributed by atoms with van der Waals surface area (Å²) in [6, 6.07) is 5.81. The maximum atomic E-state index is 13.6. The number of Topliss-reactive ketones (excluding diaryl/α,β-unsaturated/α-hetero) is 1. The van der Waals surface area contributed by atoms with Gasteiger partial charge in [0.25, 0.3) is 0 Å². The van der Waals surface area contributed by atoms with E-state index in [1.54, 1.807) is 6.07 Å². The van der Waals surface area contributed by atoms with Crippen LogP contribution in [0.25, 0.3) is 0 Å². The minimum absolute atomic E-state index is 0.0547. The van der Waals surface area contributed by atoms with Gasteiger partial charge in [0.1, 0.15) is 11.2 Å². The number of rotatable bonds is 3. The molecule has 0 spiro atoms. The Balaban J connectivity index is 1.84. The van der Waals surface area contributed by atoms with Crippen LogP contribution < -0.4 is 5.73 Å². The van der Waals surface area contributed by atoms with Crippen molar-refractivity contribution in [3.63, 3.8) is 0 Å². The first kappa shape index (κ1) is 15.6. The molecule has 0 aromatic heterocycles. The number of benzene rings is 1. The number of amidine groups is 1. The summed E-state index contributed by atoms with van der Waals surface area (Å²) < 4.78 is 13.6. The predicted octanol–water partition coefficient (Wildman–Crippen LogP) is 2.38. The molecule has 0 heterocycles. The molecule has 2 fully saturated rings. The second-order valence-corrected chi connectivity index (χ2v) is 6.83. The van der Waals surface area contributed by atoms with Crippen LogP contribution in [0.2, 0.25) is 0 Å². The Morgan fingerprint density at radius 2 is 2.09 bits per heavy atom. The first-order chi connectivity index (χ1) is 10.8. The van der Waals surface area contributed by atoms with Gasteiger partial charge in [-0.3, -0.25) is 4.79 Å². The summed E-state index contributed by atoms with van der Waals surface area (Å²) in [5.41, 5.74) is 4.13. The van der Waals surface area contributed by atoms with Crippen LogP contribution >= 0.6 is 0 Å². The normalized spacial score (nSPS) is 28.9. The lowest BCUT2D eigenvalue weighted by atomic mass is 9.69. The zero-order chi connectivity index (χ0) is 16.8. The van der Waals surface area contributed by atoms with E-state index in [-0.39, 0.29) is 23.1 Å². The Hall–Kier alpha value is -2.24. The van der Waals surface area contributed by atoms with E-state index in [1.807, 2.05) is 13.8 Å². The van der Waals surface area contributed by atoms with Crippen molar-refractivity contribution in [2.75, 3.05) is 0 Å². The number of nitrogens with two attached hydrogens (primary N) is 1. The summed E-state index contributed by atoms with van der Waals surface area (Å²) in [5, 5.41) is 3.56. The fraction of sp³-hybridized carbons (Fsp3) is 0.471. The molecular formula is C17H19FN2O3. The van der Waals surface area contributed by atoms with Gasteiger partial charge in [0.2, 0.25) is 0 Å². The minimum atomic E-state index is -1.16. The van der Waals surface area contributed by atoms with Crippen LogP contribution in [0.15, 0.2) is 29.4 Å². The first-order valence-corrected chi connectivity index (χ1v) is 7.64. The molecule has 5 nitrogen and oxygen atoms in total. The molecule has 0 radical (unpaired) electrons. The van der Waals surface area contributed by atoms with E-state index in [2.05, 4.69) is 5.16 Å². The van der Waals surface area contributed by atoms with Crippen LogP contribution in [0.5, 0.6) is 0 Å². The van der Waals surface area contributed by atoms with Crippen LogP contribution in [0, 0.1) is 22.6 Å². The second-order valence-electron chi connectivity index (χ2n) is 6.83. The van der Waals surface area contributed by atoms with E-state index in [0.717, 1.165) is 6.42 Å². The lowest BCUT2D eigenvalue weighted by Crippen LogP contribution is -2.44. The van der Waals surface area contributed by atoms with Crippen molar-refractivity contribution < 1.29 is 18.8 Å². The number of nitrogens with zero attached hydrogens (tertiary/aromatic N) is 1. The minimum Gasteiger partial charge on any atom is -0.380 e. The van der Waals surface area contributed by atoms with Crippen LogP contribution in [-0.4, -0.2) is 17.6 Å². The maximum absolute atomic E-state index is 13.6. The second kappa shape index (κ2) is 5.15. The van der Waals surface area contributed by atoms with Gasteiger partial charge in [-0.05, 0) is 36.3 Å². The Morgan fingerprint density at radius 3 is 2.65 bits per heavy atom. The van der Waals surface area contributed by atoms with Crippen molar-refractivity contribution in [3.05, 3.63) is 35.6 Å². The average molecular weight is 318 g/mol. The van der Waals surface area contributed by atoms with Gasteiger partial charge in [-0.2, -0.15) is 0 Å². The fourth-order valence-corrected chi connectivity index (χ4v) is 4.04. The molecule has 2 aliphatic rings. The predicted molar refractivity (Wildman–Crippen MR) is 81.8 cm³/mol. The van der Waals surface area contributed by atoms with Gasteiger partial charge in [0, 0.05) is 6.42 Å². The quantitative estimate of drug-likeness (QED) is 0.305. The number of hydrogen-bond acceptors (Lipinski definition) is 4. The molecule has 2 atom stereocenters. The van der Waals surface area contributed by atoms with E-state index >= 15 is 0 Å². The highest BCUT2D eigenvalue weighted by Crippen LogP contribution is 2.64. The average Bonchev–Trinajstić information content (AvgIpc) is 2.88. The van der Waals surface area contributed by atoms with E-state index in [4.69, 9.17) is 10.6 Å².